The molecule has 1 amide bonds. The van der Waals surface area contributed by atoms with E-state index in [4.69, 9.17) is 13.9 Å². The Bertz CT molecular complexity index is 730. The molecule has 3 heterocycles. The van der Waals surface area contributed by atoms with Gasteiger partial charge in [-0.25, -0.2) is 0 Å². The number of carbonyl (C=O) groups is 1. The molecule has 0 N–H and O–H groups in total. The highest BCUT2D eigenvalue weighted by Gasteiger charge is 2.39. The molecule has 4 rings (SSSR count). The number of fused-ring (bicyclic) bond motifs is 1. The van der Waals surface area contributed by atoms with E-state index in [2.05, 4.69) is 10.2 Å². The molecule has 2 aliphatic heterocycles. The van der Waals surface area contributed by atoms with Crippen molar-refractivity contribution in [2.24, 2.45) is 0 Å². The van der Waals surface area contributed by atoms with Crippen LogP contribution in [-0.2, 0) is 9.53 Å². The number of amides is 1. The maximum atomic E-state index is 13.1. The summed E-state index contributed by atoms with van der Waals surface area (Å²) in [5.41, 5.74) is 0.935. The lowest BCUT2D eigenvalue weighted by atomic mass is 9.98. The zero-order chi connectivity index (χ0) is 15.8. The van der Waals surface area contributed by atoms with E-state index in [9.17, 15) is 4.79 Å². The Morgan fingerprint density at radius 3 is 2.96 bits per heavy atom. The first-order valence-electron chi connectivity index (χ1n) is 7.64. The van der Waals surface area contributed by atoms with E-state index in [1.54, 1.807) is 11.8 Å². The average Bonchev–Trinajstić information content (AvgIpc) is 3.20. The van der Waals surface area contributed by atoms with Crippen molar-refractivity contribution in [3.63, 3.8) is 0 Å². The Morgan fingerprint density at radius 1 is 1.26 bits per heavy atom. The lowest BCUT2D eigenvalue weighted by Gasteiger charge is -2.34. The quantitative estimate of drug-likeness (QED) is 0.835. The smallest absolute Gasteiger partial charge is 0.241 e. The van der Waals surface area contributed by atoms with Crippen LogP contribution in [0.2, 0.25) is 0 Å². The third kappa shape index (κ3) is 2.46. The topological polar surface area (TPSA) is 77.7 Å². The van der Waals surface area contributed by atoms with Crippen LogP contribution in [0, 0.1) is 6.92 Å². The summed E-state index contributed by atoms with van der Waals surface area (Å²) in [5.74, 6) is 1.40. The monoisotopic (exact) mass is 315 g/mol. The second-order valence-electron chi connectivity index (χ2n) is 5.68. The van der Waals surface area contributed by atoms with E-state index < -0.39 is 0 Å². The van der Waals surface area contributed by atoms with Gasteiger partial charge in [0.15, 0.2) is 0 Å². The minimum absolute atomic E-state index is 0.0131. The molecule has 2 atom stereocenters. The number of ether oxygens (including phenoxy) is 2. The first-order chi connectivity index (χ1) is 11.2. The van der Waals surface area contributed by atoms with Gasteiger partial charge in [-0.1, -0.05) is 18.2 Å². The molecule has 7 heteroatoms. The van der Waals surface area contributed by atoms with Crippen molar-refractivity contribution in [3.8, 4) is 5.75 Å². The second-order valence-corrected chi connectivity index (χ2v) is 5.68. The van der Waals surface area contributed by atoms with Gasteiger partial charge in [0.25, 0.3) is 0 Å². The zero-order valence-electron chi connectivity index (χ0n) is 12.8. The number of carbonyl (C=O) groups excluding carboxylic acids is 1. The number of morpholine rings is 1. The van der Waals surface area contributed by atoms with Gasteiger partial charge in [-0.3, -0.25) is 4.79 Å². The van der Waals surface area contributed by atoms with Crippen LogP contribution in [-0.4, -0.2) is 47.4 Å². The summed E-state index contributed by atoms with van der Waals surface area (Å²) in [7, 11) is 0. The fraction of sp³-hybridized carbons (Fsp3) is 0.438. The molecule has 0 bridgehead atoms. The van der Waals surface area contributed by atoms with Gasteiger partial charge in [0.05, 0.1) is 13.2 Å². The van der Waals surface area contributed by atoms with E-state index in [-0.39, 0.29) is 17.9 Å². The summed E-state index contributed by atoms with van der Waals surface area (Å²) < 4.78 is 16.7. The highest BCUT2D eigenvalue weighted by atomic mass is 16.5. The number of para-hydroxylation sites is 1. The first-order valence-corrected chi connectivity index (χ1v) is 7.64. The van der Waals surface area contributed by atoms with Crippen LogP contribution in [0.3, 0.4) is 0 Å². The van der Waals surface area contributed by atoms with E-state index >= 15 is 0 Å². The number of rotatable bonds is 2. The van der Waals surface area contributed by atoms with Crippen LogP contribution >= 0.6 is 0 Å². The zero-order valence-corrected chi connectivity index (χ0v) is 12.8. The number of aromatic nitrogens is 2. The highest BCUT2D eigenvalue weighted by Crippen LogP contribution is 2.36. The third-order valence-corrected chi connectivity index (χ3v) is 4.24. The maximum absolute atomic E-state index is 13.1. The van der Waals surface area contributed by atoms with Crippen LogP contribution in [0.15, 0.2) is 28.7 Å². The summed E-state index contributed by atoms with van der Waals surface area (Å²) in [5, 5.41) is 7.91. The van der Waals surface area contributed by atoms with Crippen molar-refractivity contribution in [1.82, 2.24) is 15.1 Å². The van der Waals surface area contributed by atoms with Gasteiger partial charge in [-0.05, 0) is 6.07 Å². The molecular formula is C16H17N3O4. The second kappa shape index (κ2) is 5.66. The predicted octanol–water partition coefficient (Wildman–Crippen LogP) is 1.45. The number of benzene rings is 1. The Hall–Kier alpha value is -2.41. The molecule has 0 spiro atoms. The molecule has 2 aromatic rings. The van der Waals surface area contributed by atoms with Gasteiger partial charge in [0.1, 0.15) is 24.3 Å². The molecule has 0 radical (unpaired) electrons. The minimum Gasteiger partial charge on any atom is -0.492 e. The molecule has 0 saturated carbocycles. The fourth-order valence-corrected chi connectivity index (χ4v) is 3.09. The number of nitrogens with zero attached hydrogens (tertiary/aromatic N) is 3. The maximum Gasteiger partial charge on any atom is 0.241 e. The largest absolute Gasteiger partial charge is 0.492 e. The molecule has 1 fully saturated rings. The van der Waals surface area contributed by atoms with Crippen LogP contribution in [0.1, 0.15) is 29.3 Å². The molecule has 1 aromatic carbocycles. The van der Waals surface area contributed by atoms with Crippen LogP contribution < -0.4 is 4.74 Å². The normalized spacial score (nSPS) is 23.4. The van der Waals surface area contributed by atoms with Crippen molar-refractivity contribution >= 4 is 5.91 Å². The van der Waals surface area contributed by atoms with Crippen molar-refractivity contribution in [1.29, 1.82) is 0 Å². The fourth-order valence-electron chi connectivity index (χ4n) is 3.09. The first kappa shape index (κ1) is 14.2. The SMILES string of the molecule is Cc1nnc(C2COCCN2C(=O)C2COc3ccccc32)o1. The van der Waals surface area contributed by atoms with Crippen LogP contribution in [0.5, 0.6) is 5.75 Å². The van der Waals surface area contributed by atoms with E-state index in [1.165, 1.54) is 0 Å². The number of hydrogen-bond donors (Lipinski definition) is 0. The number of aryl methyl sites for hydroxylation is 1. The summed E-state index contributed by atoms with van der Waals surface area (Å²) in [6, 6.07) is 7.32. The molecular weight excluding hydrogens is 298 g/mol. The Balaban J connectivity index is 1.61. The van der Waals surface area contributed by atoms with E-state index in [1.807, 2.05) is 24.3 Å². The van der Waals surface area contributed by atoms with Gasteiger partial charge in [0.2, 0.25) is 17.7 Å². The summed E-state index contributed by atoms with van der Waals surface area (Å²) >= 11 is 0. The molecule has 23 heavy (non-hydrogen) atoms. The lowest BCUT2D eigenvalue weighted by Crippen LogP contribution is -2.45. The summed E-state index contributed by atoms with van der Waals surface area (Å²) in [6.45, 7) is 3.47. The highest BCUT2D eigenvalue weighted by molar-refractivity contribution is 5.86. The Labute approximate surface area is 133 Å². The molecule has 120 valence electrons. The van der Waals surface area contributed by atoms with Crippen molar-refractivity contribution in [2.45, 2.75) is 18.9 Å². The van der Waals surface area contributed by atoms with E-state index in [0.717, 1.165) is 11.3 Å². The van der Waals surface area contributed by atoms with Crippen molar-refractivity contribution in [2.75, 3.05) is 26.4 Å². The van der Waals surface area contributed by atoms with Crippen molar-refractivity contribution < 1.29 is 18.7 Å². The average molecular weight is 315 g/mol. The summed E-state index contributed by atoms with van der Waals surface area (Å²) in [4.78, 5) is 14.8. The van der Waals surface area contributed by atoms with Crippen molar-refractivity contribution in [3.05, 3.63) is 41.6 Å². The van der Waals surface area contributed by atoms with Gasteiger partial charge < -0.3 is 18.8 Å². The van der Waals surface area contributed by atoms with Gasteiger partial charge >= 0.3 is 0 Å². The van der Waals surface area contributed by atoms with Gasteiger partial charge in [-0.2, -0.15) is 0 Å². The van der Waals surface area contributed by atoms with Crippen LogP contribution in [0.25, 0.3) is 0 Å². The third-order valence-electron chi connectivity index (χ3n) is 4.24. The lowest BCUT2D eigenvalue weighted by molar-refractivity contribution is -0.143. The molecule has 7 nitrogen and oxygen atoms in total. The molecule has 1 aromatic heterocycles. The minimum atomic E-state index is -0.342. The molecule has 2 unspecified atom stereocenters. The van der Waals surface area contributed by atoms with Gasteiger partial charge in [-0.15, -0.1) is 10.2 Å². The Kier molecular flexibility index (Phi) is 3.49. The molecule has 2 aliphatic rings. The standard InChI is InChI=1S/C16H17N3O4/c1-10-17-18-15(23-10)13-9-21-7-6-19(13)16(20)12-8-22-14-5-3-2-4-11(12)14/h2-5,12-13H,6-9H2,1H3. The van der Waals surface area contributed by atoms with E-state index in [0.29, 0.717) is 38.1 Å². The van der Waals surface area contributed by atoms with Gasteiger partial charge in [0, 0.05) is 19.0 Å². The summed E-state index contributed by atoms with van der Waals surface area (Å²) in [6.07, 6.45) is 0. The Morgan fingerprint density at radius 2 is 2.13 bits per heavy atom. The number of hydrogen-bond acceptors (Lipinski definition) is 6. The predicted molar refractivity (Wildman–Crippen MR) is 79.0 cm³/mol. The molecule has 1 saturated heterocycles. The van der Waals surface area contributed by atoms with Crippen LogP contribution in [0.4, 0.5) is 0 Å². The molecule has 0 aliphatic carbocycles.